The maximum atomic E-state index is 13.0. The number of halogens is 1. The molecule has 5 nitrogen and oxygen atoms in total. The second-order valence-corrected chi connectivity index (χ2v) is 6.22. The first-order chi connectivity index (χ1) is 12.6. The number of hydrogen-bond donors (Lipinski definition) is 0. The minimum atomic E-state index is -0.555. The molecule has 0 unspecified atom stereocenters. The second-order valence-electron chi connectivity index (χ2n) is 6.22. The highest BCUT2D eigenvalue weighted by atomic mass is 19.1. The van der Waals surface area contributed by atoms with Gasteiger partial charge in [-0.25, -0.2) is 4.39 Å². The van der Waals surface area contributed by atoms with Crippen LogP contribution in [0.1, 0.15) is 6.92 Å². The van der Waals surface area contributed by atoms with Crippen molar-refractivity contribution in [1.82, 2.24) is 4.90 Å². The number of nitrogens with zero attached hydrogens (tertiary/aromatic N) is 2. The molecule has 0 bridgehead atoms. The Morgan fingerprint density at radius 1 is 0.962 bits per heavy atom. The molecule has 1 aliphatic heterocycles. The van der Waals surface area contributed by atoms with E-state index < -0.39 is 6.10 Å². The van der Waals surface area contributed by atoms with Crippen molar-refractivity contribution < 1.29 is 18.7 Å². The SMILES string of the molecule is COc1ccc(O[C@H](C)C(=O)N2CCN(c3ccc(F)cc3)CC2)cc1. The molecule has 26 heavy (non-hydrogen) atoms. The van der Waals surface area contributed by atoms with Gasteiger partial charge in [0.1, 0.15) is 17.3 Å². The molecular weight excluding hydrogens is 335 g/mol. The summed E-state index contributed by atoms with van der Waals surface area (Å²) >= 11 is 0. The van der Waals surface area contributed by atoms with E-state index in [9.17, 15) is 9.18 Å². The van der Waals surface area contributed by atoms with E-state index in [0.717, 1.165) is 11.4 Å². The van der Waals surface area contributed by atoms with Gasteiger partial charge in [-0.2, -0.15) is 0 Å². The summed E-state index contributed by atoms with van der Waals surface area (Å²) in [7, 11) is 1.60. The van der Waals surface area contributed by atoms with Crippen molar-refractivity contribution in [2.45, 2.75) is 13.0 Å². The smallest absolute Gasteiger partial charge is 0.263 e. The highest BCUT2D eigenvalue weighted by Crippen LogP contribution is 2.20. The van der Waals surface area contributed by atoms with Gasteiger partial charge >= 0.3 is 0 Å². The molecule has 0 spiro atoms. The highest BCUT2D eigenvalue weighted by Gasteiger charge is 2.26. The van der Waals surface area contributed by atoms with Crippen LogP contribution in [0.2, 0.25) is 0 Å². The molecule has 0 saturated carbocycles. The summed E-state index contributed by atoms with van der Waals surface area (Å²) in [6, 6.07) is 13.6. The molecule has 0 N–H and O–H groups in total. The summed E-state index contributed by atoms with van der Waals surface area (Å²) in [6.45, 7) is 4.43. The van der Waals surface area contributed by atoms with Crippen LogP contribution < -0.4 is 14.4 Å². The standard InChI is InChI=1S/C20H23FN2O3/c1-15(26-19-9-7-18(25-2)8-10-19)20(24)23-13-11-22(12-14-23)17-5-3-16(21)4-6-17/h3-10,15H,11-14H2,1-2H3/t15-/m1/s1. The van der Waals surface area contributed by atoms with Crippen molar-refractivity contribution in [2.75, 3.05) is 38.2 Å². The van der Waals surface area contributed by atoms with E-state index in [0.29, 0.717) is 31.9 Å². The Morgan fingerprint density at radius 2 is 1.54 bits per heavy atom. The van der Waals surface area contributed by atoms with Crippen LogP contribution >= 0.6 is 0 Å². The van der Waals surface area contributed by atoms with Gasteiger partial charge in [0.15, 0.2) is 6.10 Å². The molecule has 138 valence electrons. The number of rotatable bonds is 5. The van der Waals surface area contributed by atoms with Crippen LogP contribution in [-0.4, -0.2) is 50.2 Å². The molecule has 0 aromatic heterocycles. The maximum Gasteiger partial charge on any atom is 0.263 e. The van der Waals surface area contributed by atoms with Crippen LogP contribution in [0.4, 0.5) is 10.1 Å². The Balaban J connectivity index is 1.52. The van der Waals surface area contributed by atoms with Crippen LogP contribution in [0.5, 0.6) is 11.5 Å². The lowest BCUT2D eigenvalue weighted by Crippen LogP contribution is -2.52. The zero-order chi connectivity index (χ0) is 18.5. The van der Waals surface area contributed by atoms with E-state index in [1.807, 2.05) is 4.90 Å². The number of ether oxygens (including phenoxy) is 2. The molecule has 6 heteroatoms. The average molecular weight is 358 g/mol. The monoisotopic (exact) mass is 358 g/mol. The number of hydrogen-bond acceptors (Lipinski definition) is 4. The van der Waals surface area contributed by atoms with Crippen molar-refractivity contribution in [3.63, 3.8) is 0 Å². The molecule has 2 aromatic rings. The van der Waals surface area contributed by atoms with E-state index in [-0.39, 0.29) is 11.7 Å². The molecular formula is C20H23FN2O3. The lowest BCUT2D eigenvalue weighted by Gasteiger charge is -2.37. The molecule has 1 amide bonds. The zero-order valence-corrected chi connectivity index (χ0v) is 15.0. The number of carbonyl (C=O) groups excluding carboxylic acids is 1. The largest absolute Gasteiger partial charge is 0.497 e. The minimum Gasteiger partial charge on any atom is -0.497 e. The van der Waals surface area contributed by atoms with Gasteiger partial charge in [-0.05, 0) is 55.5 Å². The molecule has 2 aromatic carbocycles. The third-order valence-electron chi connectivity index (χ3n) is 4.50. The van der Waals surface area contributed by atoms with Crippen molar-refractivity contribution >= 4 is 11.6 Å². The van der Waals surface area contributed by atoms with Crippen molar-refractivity contribution in [1.29, 1.82) is 0 Å². The van der Waals surface area contributed by atoms with Crippen LogP contribution in [0, 0.1) is 5.82 Å². The number of carbonyl (C=O) groups is 1. The van der Waals surface area contributed by atoms with Gasteiger partial charge in [0.2, 0.25) is 0 Å². The quantitative estimate of drug-likeness (QED) is 0.824. The first-order valence-corrected chi connectivity index (χ1v) is 8.67. The second kappa shape index (κ2) is 8.08. The van der Waals surface area contributed by atoms with Crippen molar-refractivity contribution in [3.05, 3.63) is 54.3 Å². The fraction of sp³-hybridized carbons (Fsp3) is 0.350. The molecule has 0 aliphatic carbocycles. The lowest BCUT2D eigenvalue weighted by atomic mass is 10.2. The summed E-state index contributed by atoms with van der Waals surface area (Å²) in [6.07, 6.45) is -0.555. The van der Waals surface area contributed by atoms with E-state index in [1.165, 1.54) is 12.1 Å². The summed E-state index contributed by atoms with van der Waals surface area (Å²) in [5.74, 6) is 1.11. The Hall–Kier alpha value is -2.76. The fourth-order valence-corrected chi connectivity index (χ4v) is 3.00. The number of amides is 1. The third-order valence-corrected chi connectivity index (χ3v) is 4.50. The van der Waals surface area contributed by atoms with Gasteiger partial charge < -0.3 is 19.3 Å². The van der Waals surface area contributed by atoms with E-state index in [4.69, 9.17) is 9.47 Å². The summed E-state index contributed by atoms with van der Waals surface area (Å²) in [5.41, 5.74) is 0.973. The zero-order valence-electron chi connectivity index (χ0n) is 15.0. The molecule has 1 heterocycles. The first-order valence-electron chi connectivity index (χ1n) is 8.67. The Morgan fingerprint density at radius 3 is 2.12 bits per heavy atom. The molecule has 1 atom stereocenters. The van der Waals surface area contributed by atoms with Crippen molar-refractivity contribution in [2.24, 2.45) is 0 Å². The van der Waals surface area contributed by atoms with E-state index >= 15 is 0 Å². The molecule has 3 rings (SSSR count). The van der Waals surface area contributed by atoms with E-state index in [1.54, 1.807) is 50.4 Å². The van der Waals surface area contributed by atoms with Gasteiger partial charge in [0.25, 0.3) is 5.91 Å². The van der Waals surface area contributed by atoms with Gasteiger partial charge in [-0.15, -0.1) is 0 Å². The van der Waals surface area contributed by atoms with Crippen molar-refractivity contribution in [3.8, 4) is 11.5 Å². The molecule has 1 saturated heterocycles. The van der Waals surface area contributed by atoms with Crippen LogP contribution in [-0.2, 0) is 4.79 Å². The predicted octanol–water partition coefficient (Wildman–Crippen LogP) is 2.95. The van der Waals surface area contributed by atoms with Gasteiger partial charge in [0, 0.05) is 31.9 Å². The fourth-order valence-electron chi connectivity index (χ4n) is 3.00. The predicted molar refractivity (Wildman–Crippen MR) is 98.3 cm³/mol. The highest BCUT2D eigenvalue weighted by molar-refractivity contribution is 5.81. The topological polar surface area (TPSA) is 42.0 Å². The lowest BCUT2D eigenvalue weighted by molar-refractivity contribution is -0.138. The number of piperazine rings is 1. The Kier molecular flexibility index (Phi) is 5.61. The van der Waals surface area contributed by atoms with Gasteiger partial charge in [-0.3, -0.25) is 4.79 Å². The molecule has 1 aliphatic rings. The van der Waals surface area contributed by atoms with Gasteiger partial charge in [-0.1, -0.05) is 0 Å². The van der Waals surface area contributed by atoms with Gasteiger partial charge in [0.05, 0.1) is 7.11 Å². The normalized spacial score (nSPS) is 15.5. The average Bonchev–Trinajstić information content (AvgIpc) is 2.69. The number of benzene rings is 2. The van der Waals surface area contributed by atoms with Crippen LogP contribution in [0.25, 0.3) is 0 Å². The summed E-state index contributed by atoms with van der Waals surface area (Å²) in [4.78, 5) is 16.6. The summed E-state index contributed by atoms with van der Waals surface area (Å²) < 4.78 is 23.9. The number of methoxy groups -OCH3 is 1. The van der Waals surface area contributed by atoms with Crippen LogP contribution in [0.15, 0.2) is 48.5 Å². The molecule has 1 fully saturated rings. The van der Waals surface area contributed by atoms with E-state index in [2.05, 4.69) is 4.90 Å². The minimum absolute atomic E-state index is 0.0282. The first kappa shape index (κ1) is 18.0. The third kappa shape index (κ3) is 4.25. The summed E-state index contributed by atoms with van der Waals surface area (Å²) in [5, 5.41) is 0. The Bertz CT molecular complexity index is 726. The molecule has 0 radical (unpaired) electrons. The maximum absolute atomic E-state index is 13.0. The Labute approximate surface area is 152 Å². The van der Waals surface area contributed by atoms with Crippen LogP contribution in [0.3, 0.4) is 0 Å². The number of anilines is 1.